The van der Waals surface area contributed by atoms with E-state index in [4.69, 9.17) is 4.42 Å². The number of nitro benzene ring substituents is 1. The second kappa shape index (κ2) is 7.08. The van der Waals surface area contributed by atoms with Crippen molar-refractivity contribution in [1.82, 2.24) is 4.98 Å². The largest absolute Gasteiger partial charge is 0.867 e. The fourth-order valence-corrected chi connectivity index (χ4v) is 2.91. The molecule has 0 aliphatic carbocycles. The summed E-state index contributed by atoms with van der Waals surface area (Å²) in [6.07, 6.45) is 1.25. The average molecular weight is 388 g/mol. The lowest BCUT2D eigenvalue weighted by molar-refractivity contribution is -0.398. The summed E-state index contributed by atoms with van der Waals surface area (Å²) in [5.74, 6) is -0.508. The van der Waals surface area contributed by atoms with Crippen molar-refractivity contribution in [3.05, 3.63) is 75.8 Å². The van der Waals surface area contributed by atoms with Gasteiger partial charge in [-0.25, -0.2) is 4.98 Å². The van der Waals surface area contributed by atoms with Crippen LogP contribution in [0.3, 0.4) is 0 Å². The first-order valence-electron chi connectivity index (χ1n) is 8.62. The van der Waals surface area contributed by atoms with E-state index >= 15 is 0 Å². The summed E-state index contributed by atoms with van der Waals surface area (Å²) in [4.78, 5) is 18.8. The average Bonchev–Trinajstić information content (AvgIpc) is 3.13. The number of benzene rings is 3. The molecule has 8 nitrogen and oxygen atoms in total. The van der Waals surface area contributed by atoms with Crippen molar-refractivity contribution in [2.45, 2.75) is 6.92 Å². The van der Waals surface area contributed by atoms with Crippen LogP contribution in [0.25, 0.3) is 22.6 Å². The maximum Gasteiger partial charge on any atom is 0.262 e. The van der Waals surface area contributed by atoms with E-state index in [1.54, 1.807) is 18.2 Å². The summed E-state index contributed by atoms with van der Waals surface area (Å²) in [7, 11) is 0. The lowest BCUT2D eigenvalue weighted by Crippen LogP contribution is -2.01. The molecule has 0 aliphatic heterocycles. The number of aliphatic imine (C=N–C) groups is 1. The van der Waals surface area contributed by atoms with Gasteiger partial charge in [-0.3, -0.25) is 15.1 Å². The summed E-state index contributed by atoms with van der Waals surface area (Å²) < 4.78 is 5.75. The van der Waals surface area contributed by atoms with Crippen LogP contribution in [-0.4, -0.2) is 21.2 Å². The van der Waals surface area contributed by atoms with E-state index in [2.05, 4.69) is 9.98 Å². The molecule has 0 unspecified atom stereocenters. The molecule has 0 amide bonds. The van der Waals surface area contributed by atoms with Crippen LogP contribution in [-0.2, 0) is 0 Å². The van der Waals surface area contributed by atoms with Gasteiger partial charge in [0.15, 0.2) is 5.58 Å². The number of aryl methyl sites for hydroxylation is 1. The summed E-state index contributed by atoms with van der Waals surface area (Å²) in [5, 5.41) is 33.2. The third-order valence-corrected chi connectivity index (χ3v) is 4.41. The second-order valence-corrected chi connectivity index (χ2v) is 6.35. The summed E-state index contributed by atoms with van der Waals surface area (Å²) in [6, 6.07) is 14.1. The van der Waals surface area contributed by atoms with Crippen LogP contribution < -0.4 is 5.11 Å². The highest BCUT2D eigenvalue weighted by molar-refractivity contribution is 5.87. The number of hydrogen-bond donors (Lipinski definition) is 1. The molecular weight excluding hydrogens is 374 g/mol. The number of para-hydroxylation sites is 2. The highest BCUT2D eigenvalue weighted by atomic mass is 16.6. The predicted octanol–water partition coefficient (Wildman–Crippen LogP) is 4.24. The quantitative estimate of drug-likeness (QED) is 0.317. The molecule has 0 radical (unpaired) electrons. The van der Waals surface area contributed by atoms with E-state index in [1.807, 2.05) is 19.1 Å². The first-order chi connectivity index (χ1) is 13.9. The van der Waals surface area contributed by atoms with Crippen LogP contribution in [0.2, 0.25) is 0 Å². The van der Waals surface area contributed by atoms with E-state index in [1.165, 1.54) is 24.4 Å². The molecule has 8 heteroatoms. The molecule has 0 aliphatic rings. The Bertz CT molecular complexity index is 1280. The molecule has 0 fully saturated rings. The zero-order valence-corrected chi connectivity index (χ0v) is 15.2. The Balaban J connectivity index is 1.72. The van der Waals surface area contributed by atoms with Crippen molar-refractivity contribution in [3.8, 4) is 23.0 Å². The Morgan fingerprint density at radius 3 is 2.72 bits per heavy atom. The van der Waals surface area contributed by atoms with Crippen LogP contribution in [0.1, 0.15) is 11.1 Å². The maximum atomic E-state index is 12.1. The summed E-state index contributed by atoms with van der Waals surface area (Å²) >= 11 is 0. The van der Waals surface area contributed by atoms with Gasteiger partial charge in [-0.1, -0.05) is 24.3 Å². The number of nitro groups is 1. The van der Waals surface area contributed by atoms with Gasteiger partial charge in [-0.05, 0) is 48.1 Å². The van der Waals surface area contributed by atoms with Gasteiger partial charge in [0.05, 0.1) is 16.2 Å². The monoisotopic (exact) mass is 388 g/mol. The van der Waals surface area contributed by atoms with E-state index < -0.39 is 16.4 Å². The molecule has 0 saturated heterocycles. The van der Waals surface area contributed by atoms with Crippen LogP contribution in [0.5, 0.6) is 11.5 Å². The van der Waals surface area contributed by atoms with Crippen molar-refractivity contribution in [3.63, 3.8) is 0 Å². The Kier molecular flexibility index (Phi) is 4.44. The van der Waals surface area contributed by atoms with Crippen molar-refractivity contribution >= 4 is 28.7 Å². The molecule has 144 valence electrons. The SMILES string of the molecule is Cc1cccc2oc(-c3cc(N=Cc4cccc([N+](=O)[O-])c4[O-])ccc3O)nc12. The van der Waals surface area contributed by atoms with Crippen LogP contribution in [0.15, 0.2) is 64.0 Å². The molecular formula is C21H14N3O5-. The van der Waals surface area contributed by atoms with Crippen molar-refractivity contribution in [2.75, 3.05) is 0 Å². The number of oxazole rings is 1. The Labute approximate surface area is 164 Å². The minimum atomic E-state index is -0.729. The summed E-state index contributed by atoms with van der Waals surface area (Å²) in [6.45, 7) is 1.91. The van der Waals surface area contributed by atoms with E-state index in [0.717, 1.165) is 11.6 Å². The maximum absolute atomic E-state index is 12.1. The molecule has 29 heavy (non-hydrogen) atoms. The van der Waals surface area contributed by atoms with Gasteiger partial charge in [0.2, 0.25) is 5.89 Å². The fraction of sp³-hybridized carbons (Fsp3) is 0.0476. The zero-order chi connectivity index (χ0) is 20.5. The van der Waals surface area contributed by atoms with Gasteiger partial charge in [0.25, 0.3) is 5.69 Å². The molecule has 0 saturated carbocycles. The van der Waals surface area contributed by atoms with Crippen LogP contribution >= 0.6 is 0 Å². The minimum Gasteiger partial charge on any atom is -0.867 e. The number of aromatic nitrogens is 1. The molecule has 1 aromatic heterocycles. The number of phenols is 1. The Morgan fingerprint density at radius 2 is 1.97 bits per heavy atom. The van der Waals surface area contributed by atoms with Gasteiger partial charge in [-0.2, -0.15) is 0 Å². The van der Waals surface area contributed by atoms with Crippen LogP contribution in [0, 0.1) is 17.0 Å². The fourth-order valence-electron chi connectivity index (χ4n) is 2.91. The Morgan fingerprint density at radius 1 is 1.17 bits per heavy atom. The number of hydrogen-bond acceptors (Lipinski definition) is 7. The number of aromatic hydroxyl groups is 1. The normalized spacial score (nSPS) is 11.3. The smallest absolute Gasteiger partial charge is 0.262 e. The molecule has 0 bridgehead atoms. The van der Waals surface area contributed by atoms with Gasteiger partial charge in [0.1, 0.15) is 11.3 Å². The van der Waals surface area contributed by atoms with Gasteiger partial charge in [-0.15, -0.1) is 0 Å². The third-order valence-electron chi connectivity index (χ3n) is 4.41. The molecule has 0 atom stereocenters. The third kappa shape index (κ3) is 3.39. The van der Waals surface area contributed by atoms with Gasteiger partial charge in [0, 0.05) is 12.3 Å². The highest BCUT2D eigenvalue weighted by Gasteiger charge is 2.14. The van der Waals surface area contributed by atoms with Crippen molar-refractivity contribution < 1.29 is 19.6 Å². The first kappa shape index (κ1) is 18.2. The van der Waals surface area contributed by atoms with Crippen molar-refractivity contribution in [1.29, 1.82) is 0 Å². The van der Waals surface area contributed by atoms with E-state index in [-0.39, 0.29) is 17.2 Å². The molecule has 0 spiro atoms. The number of phenolic OH excluding ortho intramolecular Hbond substituents is 1. The predicted molar refractivity (Wildman–Crippen MR) is 106 cm³/mol. The highest BCUT2D eigenvalue weighted by Crippen LogP contribution is 2.35. The van der Waals surface area contributed by atoms with Crippen molar-refractivity contribution in [2.24, 2.45) is 4.99 Å². The second-order valence-electron chi connectivity index (χ2n) is 6.35. The lowest BCUT2D eigenvalue weighted by Gasteiger charge is -2.09. The van der Waals surface area contributed by atoms with Gasteiger partial charge < -0.3 is 14.6 Å². The first-order valence-corrected chi connectivity index (χ1v) is 8.62. The van der Waals surface area contributed by atoms with E-state index in [0.29, 0.717) is 22.4 Å². The van der Waals surface area contributed by atoms with Crippen LogP contribution in [0.4, 0.5) is 11.4 Å². The standard InChI is InChI=1S/C21H15N3O5/c1-12-4-2-7-18-19(12)23-21(29-18)15-10-14(8-9-17(15)25)22-11-13-5-3-6-16(20(13)26)24(27)28/h2-11,25-26H,1H3/p-1. The van der Waals surface area contributed by atoms with E-state index in [9.17, 15) is 20.3 Å². The van der Waals surface area contributed by atoms with Gasteiger partial charge >= 0.3 is 0 Å². The lowest BCUT2D eigenvalue weighted by atomic mass is 10.1. The molecule has 3 aromatic carbocycles. The minimum absolute atomic E-state index is 0.0342. The number of nitrogens with zero attached hydrogens (tertiary/aromatic N) is 3. The number of rotatable bonds is 4. The molecule has 1 N–H and O–H groups in total. The topological polar surface area (TPSA) is 125 Å². The molecule has 4 aromatic rings. The number of fused-ring (bicyclic) bond motifs is 1. The summed E-state index contributed by atoms with van der Waals surface area (Å²) in [5.41, 5.74) is 2.58. The zero-order valence-electron chi connectivity index (χ0n) is 15.2. The Hall–Kier alpha value is -4.20. The molecule has 4 rings (SSSR count). The molecule has 1 heterocycles.